The fourth-order valence-corrected chi connectivity index (χ4v) is 5.35. The van der Waals surface area contributed by atoms with Gasteiger partial charge in [0.25, 0.3) is 5.91 Å². The van der Waals surface area contributed by atoms with Crippen molar-refractivity contribution in [2.45, 2.75) is 6.61 Å². The summed E-state index contributed by atoms with van der Waals surface area (Å²) in [6.07, 6.45) is 3.78. The van der Waals surface area contributed by atoms with E-state index in [2.05, 4.69) is 0 Å². The van der Waals surface area contributed by atoms with Crippen LogP contribution in [0.15, 0.2) is 90.0 Å². The molecular weight excluding hydrogens is 538 g/mol. The summed E-state index contributed by atoms with van der Waals surface area (Å²) in [6, 6.07) is 25.2. The average Bonchev–Trinajstić information content (AvgIpc) is 3.48. The van der Waals surface area contributed by atoms with Crippen molar-refractivity contribution >= 4 is 51.9 Å². The Balaban J connectivity index is 1.48. The largest absolute Gasteiger partial charge is 0.489 e. The molecule has 3 aromatic carbocycles. The van der Waals surface area contributed by atoms with Crippen LogP contribution in [0.2, 0.25) is 5.02 Å². The molecule has 1 aliphatic heterocycles. The van der Waals surface area contributed by atoms with Gasteiger partial charge in [-0.2, -0.15) is 5.10 Å². The van der Waals surface area contributed by atoms with Crippen LogP contribution in [0, 0.1) is 0 Å². The summed E-state index contributed by atoms with van der Waals surface area (Å²) in [4.78, 5) is 15.2. The van der Waals surface area contributed by atoms with Gasteiger partial charge in [-0.25, -0.2) is 4.68 Å². The maximum absolute atomic E-state index is 13.1. The van der Waals surface area contributed by atoms with E-state index in [1.165, 1.54) is 11.8 Å². The molecule has 0 unspecified atom stereocenters. The maximum atomic E-state index is 13.1. The van der Waals surface area contributed by atoms with Gasteiger partial charge < -0.3 is 9.47 Å². The van der Waals surface area contributed by atoms with Crippen molar-refractivity contribution in [1.29, 1.82) is 0 Å². The van der Waals surface area contributed by atoms with E-state index in [0.29, 0.717) is 39.8 Å². The van der Waals surface area contributed by atoms with Gasteiger partial charge in [0.15, 0.2) is 0 Å². The van der Waals surface area contributed by atoms with Crippen LogP contribution in [0.25, 0.3) is 23.0 Å². The number of amides is 1. The molecule has 0 bridgehead atoms. The number of ether oxygens (including phenoxy) is 2. The first-order valence-electron chi connectivity index (χ1n) is 11.9. The molecule has 1 aromatic heterocycles. The monoisotopic (exact) mass is 561 g/mol. The molecule has 6 nitrogen and oxygen atoms in total. The van der Waals surface area contributed by atoms with Crippen LogP contribution < -0.4 is 4.74 Å². The molecule has 1 fully saturated rings. The van der Waals surface area contributed by atoms with E-state index in [1.807, 2.05) is 95.8 Å². The van der Waals surface area contributed by atoms with Crippen LogP contribution in [-0.2, 0) is 16.1 Å². The van der Waals surface area contributed by atoms with E-state index in [1.54, 1.807) is 12.0 Å². The average molecular weight is 562 g/mol. The Morgan fingerprint density at radius 1 is 1.05 bits per heavy atom. The molecule has 5 rings (SSSR count). The van der Waals surface area contributed by atoms with Crippen LogP contribution in [0.3, 0.4) is 0 Å². The highest BCUT2D eigenvalue weighted by Crippen LogP contribution is 2.35. The molecule has 1 amide bonds. The lowest BCUT2D eigenvalue weighted by atomic mass is 10.1. The summed E-state index contributed by atoms with van der Waals surface area (Å²) in [5.74, 6) is 0.582. The molecule has 0 atom stereocenters. The molecule has 1 aliphatic rings. The number of hydrogen-bond acceptors (Lipinski definition) is 6. The maximum Gasteiger partial charge on any atom is 0.266 e. The van der Waals surface area contributed by atoms with Crippen LogP contribution in [0.4, 0.5) is 0 Å². The Bertz CT molecular complexity index is 1490. The highest BCUT2D eigenvalue weighted by Gasteiger charge is 2.32. The van der Waals surface area contributed by atoms with Gasteiger partial charge in [0, 0.05) is 29.5 Å². The zero-order valence-corrected chi connectivity index (χ0v) is 22.9. The SMILES string of the molecule is COCCN1C(=O)C(=Cc2cn(-c3ccccc3)nc2-c2cccc(OCc3ccc(Cl)cc3)c2)SC1=S. The lowest BCUT2D eigenvalue weighted by Crippen LogP contribution is -2.31. The topological polar surface area (TPSA) is 56.6 Å². The fraction of sp³-hybridized carbons (Fsp3) is 0.138. The van der Waals surface area contributed by atoms with Crippen LogP contribution in [-0.4, -0.2) is 45.2 Å². The van der Waals surface area contributed by atoms with Gasteiger partial charge in [-0.05, 0) is 48.0 Å². The molecule has 4 aromatic rings. The third-order valence-electron chi connectivity index (χ3n) is 5.87. The minimum absolute atomic E-state index is 0.129. The van der Waals surface area contributed by atoms with E-state index in [-0.39, 0.29) is 5.91 Å². The number of para-hydroxylation sites is 1. The number of methoxy groups -OCH3 is 1. The van der Waals surface area contributed by atoms with Gasteiger partial charge in [0.1, 0.15) is 22.4 Å². The Labute approximate surface area is 235 Å². The first kappa shape index (κ1) is 26.2. The zero-order chi connectivity index (χ0) is 26.5. The van der Waals surface area contributed by atoms with Gasteiger partial charge >= 0.3 is 0 Å². The van der Waals surface area contributed by atoms with Crippen molar-refractivity contribution < 1.29 is 14.3 Å². The summed E-state index contributed by atoms with van der Waals surface area (Å²) in [6.45, 7) is 1.25. The zero-order valence-electron chi connectivity index (χ0n) is 20.5. The van der Waals surface area contributed by atoms with Gasteiger partial charge in [-0.3, -0.25) is 9.69 Å². The highest BCUT2D eigenvalue weighted by atomic mass is 35.5. The summed E-state index contributed by atoms with van der Waals surface area (Å²) < 4.78 is 13.5. The molecule has 1 saturated heterocycles. The molecule has 0 aliphatic carbocycles. The molecule has 0 saturated carbocycles. The molecule has 0 spiro atoms. The number of nitrogens with zero attached hydrogens (tertiary/aromatic N) is 3. The second-order valence-corrected chi connectivity index (χ2v) is 10.6. The molecule has 192 valence electrons. The van der Waals surface area contributed by atoms with Crippen molar-refractivity contribution in [3.63, 3.8) is 0 Å². The third kappa shape index (κ3) is 6.00. The number of thioether (sulfide) groups is 1. The summed E-state index contributed by atoms with van der Waals surface area (Å²) >= 11 is 12.7. The van der Waals surface area contributed by atoms with Gasteiger partial charge in [-0.1, -0.05) is 78.0 Å². The number of carbonyl (C=O) groups is 1. The predicted molar refractivity (Wildman–Crippen MR) is 157 cm³/mol. The van der Waals surface area contributed by atoms with E-state index in [4.69, 9.17) is 38.4 Å². The minimum atomic E-state index is -0.129. The second kappa shape index (κ2) is 12.0. The molecule has 9 heteroatoms. The van der Waals surface area contributed by atoms with Crippen LogP contribution >= 0.6 is 35.6 Å². The number of hydrogen-bond donors (Lipinski definition) is 0. The number of rotatable bonds is 9. The Morgan fingerprint density at radius 3 is 2.61 bits per heavy atom. The first-order valence-corrected chi connectivity index (χ1v) is 13.5. The molecule has 2 heterocycles. The molecular formula is C29H24ClN3O3S2. The number of thiocarbonyl (C=S) groups is 1. The predicted octanol–water partition coefficient (Wildman–Crippen LogP) is 6.62. The smallest absolute Gasteiger partial charge is 0.266 e. The Morgan fingerprint density at radius 2 is 1.84 bits per heavy atom. The first-order chi connectivity index (χ1) is 18.5. The number of aromatic nitrogens is 2. The Kier molecular flexibility index (Phi) is 8.24. The molecule has 0 N–H and O–H groups in total. The Hall–Kier alpha value is -3.43. The van der Waals surface area contributed by atoms with E-state index in [0.717, 1.165) is 28.1 Å². The lowest BCUT2D eigenvalue weighted by Gasteiger charge is -2.12. The van der Waals surface area contributed by atoms with Crippen molar-refractivity contribution in [3.8, 4) is 22.7 Å². The van der Waals surface area contributed by atoms with Crippen LogP contribution in [0.5, 0.6) is 5.75 Å². The fourth-order valence-electron chi connectivity index (χ4n) is 3.93. The van der Waals surface area contributed by atoms with Crippen LogP contribution in [0.1, 0.15) is 11.1 Å². The van der Waals surface area contributed by atoms with E-state index < -0.39 is 0 Å². The third-order valence-corrected chi connectivity index (χ3v) is 7.50. The number of carbonyl (C=O) groups excluding carboxylic acids is 1. The summed E-state index contributed by atoms with van der Waals surface area (Å²) in [5.41, 5.74) is 4.33. The second-order valence-electron chi connectivity index (χ2n) is 8.48. The van der Waals surface area contributed by atoms with Gasteiger partial charge in [-0.15, -0.1) is 0 Å². The highest BCUT2D eigenvalue weighted by molar-refractivity contribution is 8.26. The molecule has 38 heavy (non-hydrogen) atoms. The van der Waals surface area contributed by atoms with E-state index >= 15 is 0 Å². The van der Waals surface area contributed by atoms with Crippen molar-refractivity contribution in [1.82, 2.24) is 14.7 Å². The number of benzene rings is 3. The van der Waals surface area contributed by atoms with Crippen molar-refractivity contribution in [2.24, 2.45) is 0 Å². The van der Waals surface area contributed by atoms with E-state index in [9.17, 15) is 4.79 Å². The normalized spacial score (nSPS) is 14.5. The minimum Gasteiger partial charge on any atom is -0.489 e. The summed E-state index contributed by atoms with van der Waals surface area (Å²) in [5, 5.41) is 5.58. The standard InChI is InChI=1S/C29H24ClN3O3S2/c1-35-15-14-32-28(34)26(38-29(32)37)17-22-18-33(24-7-3-2-4-8-24)31-27(22)21-6-5-9-25(16-21)36-19-20-10-12-23(30)13-11-20/h2-13,16-18H,14-15,19H2,1H3. The quantitative estimate of drug-likeness (QED) is 0.169. The van der Waals surface area contributed by atoms with Crippen molar-refractivity contribution in [3.05, 3.63) is 106 Å². The van der Waals surface area contributed by atoms with Gasteiger partial charge in [0.05, 0.1) is 23.7 Å². The van der Waals surface area contributed by atoms with Crippen molar-refractivity contribution in [2.75, 3.05) is 20.3 Å². The lowest BCUT2D eigenvalue weighted by molar-refractivity contribution is -0.122. The van der Waals surface area contributed by atoms with Gasteiger partial charge in [0.2, 0.25) is 0 Å². The number of halogens is 1. The molecule has 0 radical (unpaired) electrons. The summed E-state index contributed by atoms with van der Waals surface area (Å²) in [7, 11) is 1.60.